The number of Topliss-reactive ketones (excluding diaryl/α,β-unsaturated/α-hetero) is 1. The lowest BCUT2D eigenvalue weighted by Gasteiger charge is -2.10. The van der Waals surface area contributed by atoms with Gasteiger partial charge in [0.1, 0.15) is 6.54 Å². The molecule has 0 N–H and O–H groups in total. The standard InChI is InChI=1S/C20H23N3O3/c1-14-11-17(15(2)22(14)9-6-10-26-3)20(25)13-23-18-8-5-4-7-16(18)19(24)12-21-23/h4-5,7-8,11-12H,6,9-10,13H2,1-3H3. The van der Waals surface area contributed by atoms with Gasteiger partial charge in [-0.3, -0.25) is 14.3 Å². The number of para-hydroxylation sites is 1. The molecule has 0 radical (unpaired) electrons. The molecule has 0 aliphatic heterocycles. The van der Waals surface area contributed by atoms with Crippen molar-refractivity contribution in [2.24, 2.45) is 0 Å². The van der Waals surface area contributed by atoms with Gasteiger partial charge in [0.2, 0.25) is 5.43 Å². The van der Waals surface area contributed by atoms with E-state index in [0.29, 0.717) is 23.1 Å². The molecular formula is C20H23N3O3. The van der Waals surface area contributed by atoms with Gasteiger partial charge in [-0.1, -0.05) is 12.1 Å². The number of hydrogen-bond donors (Lipinski definition) is 0. The number of ketones is 1. The van der Waals surface area contributed by atoms with Gasteiger partial charge in [0.05, 0.1) is 11.7 Å². The molecule has 0 spiro atoms. The maximum absolute atomic E-state index is 12.9. The molecule has 26 heavy (non-hydrogen) atoms. The van der Waals surface area contributed by atoms with E-state index in [9.17, 15) is 9.59 Å². The predicted molar refractivity (Wildman–Crippen MR) is 101 cm³/mol. The molecule has 0 bridgehead atoms. The van der Waals surface area contributed by atoms with Crippen LogP contribution in [0.3, 0.4) is 0 Å². The van der Waals surface area contributed by atoms with Crippen molar-refractivity contribution < 1.29 is 9.53 Å². The van der Waals surface area contributed by atoms with Crippen LogP contribution in [0.5, 0.6) is 0 Å². The number of aromatic nitrogens is 3. The number of benzene rings is 1. The number of methoxy groups -OCH3 is 1. The van der Waals surface area contributed by atoms with Gasteiger partial charge in [-0.25, -0.2) is 0 Å². The molecule has 0 aliphatic rings. The number of fused-ring (bicyclic) bond motifs is 1. The van der Waals surface area contributed by atoms with Crippen molar-refractivity contribution in [2.45, 2.75) is 33.4 Å². The fraction of sp³-hybridized carbons (Fsp3) is 0.350. The van der Waals surface area contributed by atoms with E-state index in [1.807, 2.05) is 38.1 Å². The number of aryl methyl sites for hydroxylation is 1. The Labute approximate surface area is 152 Å². The zero-order valence-corrected chi connectivity index (χ0v) is 15.4. The Morgan fingerprint density at radius 2 is 2.00 bits per heavy atom. The van der Waals surface area contributed by atoms with E-state index < -0.39 is 0 Å². The summed E-state index contributed by atoms with van der Waals surface area (Å²) in [4.78, 5) is 24.8. The molecule has 2 heterocycles. The van der Waals surface area contributed by atoms with Crippen LogP contribution in [0.2, 0.25) is 0 Å². The van der Waals surface area contributed by atoms with Gasteiger partial charge in [-0.2, -0.15) is 5.10 Å². The van der Waals surface area contributed by atoms with Crippen LogP contribution in [-0.4, -0.2) is 33.8 Å². The van der Waals surface area contributed by atoms with E-state index in [-0.39, 0.29) is 17.8 Å². The van der Waals surface area contributed by atoms with Crippen molar-refractivity contribution in [3.63, 3.8) is 0 Å². The third-order valence-corrected chi connectivity index (χ3v) is 4.66. The summed E-state index contributed by atoms with van der Waals surface area (Å²) in [6.45, 7) is 5.57. The first-order chi connectivity index (χ1) is 12.5. The fourth-order valence-electron chi connectivity index (χ4n) is 3.30. The summed E-state index contributed by atoms with van der Waals surface area (Å²) in [6.07, 6.45) is 2.16. The number of ether oxygens (including phenoxy) is 1. The number of carbonyl (C=O) groups is 1. The van der Waals surface area contributed by atoms with Gasteiger partial charge in [-0.05, 0) is 38.5 Å². The summed E-state index contributed by atoms with van der Waals surface area (Å²) in [5, 5.41) is 4.72. The first kappa shape index (κ1) is 18.1. The Hall–Kier alpha value is -2.73. The minimum Gasteiger partial charge on any atom is -0.385 e. The molecule has 0 saturated carbocycles. The van der Waals surface area contributed by atoms with Crippen LogP contribution in [0, 0.1) is 13.8 Å². The molecule has 0 amide bonds. The van der Waals surface area contributed by atoms with Crippen LogP contribution in [0.15, 0.2) is 41.3 Å². The quantitative estimate of drug-likeness (QED) is 0.484. The fourth-order valence-corrected chi connectivity index (χ4v) is 3.30. The van der Waals surface area contributed by atoms with E-state index in [4.69, 9.17) is 4.74 Å². The highest BCUT2D eigenvalue weighted by Gasteiger charge is 2.17. The van der Waals surface area contributed by atoms with Crippen LogP contribution in [0.25, 0.3) is 10.9 Å². The summed E-state index contributed by atoms with van der Waals surface area (Å²) >= 11 is 0. The van der Waals surface area contributed by atoms with E-state index in [1.165, 1.54) is 6.20 Å². The minimum absolute atomic E-state index is 0.0163. The summed E-state index contributed by atoms with van der Waals surface area (Å²) in [5.41, 5.74) is 3.24. The predicted octanol–water partition coefficient (Wildman–Crippen LogP) is 2.73. The second-order valence-corrected chi connectivity index (χ2v) is 6.39. The molecule has 0 aliphatic carbocycles. The second-order valence-electron chi connectivity index (χ2n) is 6.39. The molecule has 1 aromatic carbocycles. The molecule has 6 heteroatoms. The molecular weight excluding hydrogens is 330 g/mol. The summed E-state index contributed by atoms with van der Waals surface area (Å²) in [7, 11) is 1.69. The number of rotatable bonds is 7. The largest absolute Gasteiger partial charge is 0.385 e. The average molecular weight is 353 g/mol. The Bertz CT molecular complexity index is 1000. The van der Waals surface area contributed by atoms with Gasteiger partial charge < -0.3 is 9.30 Å². The van der Waals surface area contributed by atoms with E-state index >= 15 is 0 Å². The summed E-state index contributed by atoms with van der Waals surface area (Å²) < 4.78 is 8.85. The van der Waals surface area contributed by atoms with E-state index in [0.717, 1.165) is 24.4 Å². The SMILES string of the molecule is COCCCn1c(C)cc(C(=O)Cn2ncc(=O)c3ccccc32)c1C. The molecule has 2 aromatic heterocycles. The van der Waals surface area contributed by atoms with Crippen molar-refractivity contribution in [2.75, 3.05) is 13.7 Å². The lowest BCUT2D eigenvalue weighted by molar-refractivity contribution is 0.0968. The van der Waals surface area contributed by atoms with Crippen LogP contribution < -0.4 is 5.43 Å². The minimum atomic E-state index is -0.138. The van der Waals surface area contributed by atoms with Crippen LogP contribution in [0.1, 0.15) is 28.2 Å². The maximum Gasteiger partial charge on any atom is 0.207 e. The third-order valence-electron chi connectivity index (χ3n) is 4.66. The van der Waals surface area contributed by atoms with Crippen molar-refractivity contribution in [1.29, 1.82) is 0 Å². The zero-order valence-electron chi connectivity index (χ0n) is 15.4. The first-order valence-electron chi connectivity index (χ1n) is 8.66. The molecule has 3 rings (SSSR count). The van der Waals surface area contributed by atoms with Crippen LogP contribution >= 0.6 is 0 Å². The second kappa shape index (κ2) is 7.66. The zero-order chi connectivity index (χ0) is 18.7. The highest BCUT2D eigenvalue weighted by molar-refractivity contribution is 5.98. The van der Waals surface area contributed by atoms with Gasteiger partial charge in [0.15, 0.2) is 5.78 Å². The molecule has 3 aromatic rings. The monoisotopic (exact) mass is 353 g/mol. The molecule has 0 fully saturated rings. The van der Waals surface area contributed by atoms with Crippen molar-refractivity contribution in [1.82, 2.24) is 14.3 Å². The molecule has 0 unspecified atom stereocenters. The van der Waals surface area contributed by atoms with Gasteiger partial charge in [-0.15, -0.1) is 0 Å². The van der Waals surface area contributed by atoms with Crippen molar-refractivity contribution >= 4 is 16.7 Å². The third kappa shape index (κ3) is 3.46. The van der Waals surface area contributed by atoms with Gasteiger partial charge in [0, 0.05) is 42.6 Å². The number of carbonyl (C=O) groups excluding carboxylic acids is 1. The number of nitrogens with zero attached hydrogens (tertiary/aromatic N) is 3. The smallest absolute Gasteiger partial charge is 0.207 e. The van der Waals surface area contributed by atoms with Gasteiger partial charge >= 0.3 is 0 Å². The van der Waals surface area contributed by atoms with Crippen molar-refractivity contribution in [3.8, 4) is 0 Å². The molecule has 0 saturated heterocycles. The lowest BCUT2D eigenvalue weighted by Crippen LogP contribution is -2.18. The topological polar surface area (TPSA) is 66.1 Å². The van der Waals surface area contributed by atoms with E-state index in [2.05, 4.69) is 9.67 Å². The Morgan fingerprint density at radius 1 is 1.23 bits per heavy atom. The Morgan fingerprint density at radius 3 is 2.77 bits per heavy atom. The highest BCUT2D eigenvalue weighted by Crippen LogP contribution is 2.18. The average Bonchev–Trinajstić information content (AvgIpc) is 2.92. The van der Waals surface area contributed by atoms with Crippen LogP contribution in [-0.2, 0) is 17.8 Å². The summed E-state index contributed by atoms with van der Waals surface area (Å²) in [5.74, 6) is -0.0163. The number of hydrogen-bond acceptors (Lipinski definition) is 4. The lowest BCUT2D eigenvalue weighted by atomic mass is 10.1. The molecule has 0 atom stereocenters. The van der Waals surface area contributed by atoms with E-state index in [1.54, 1.807) is 17.9 Å². The normalized spacial score (nSPS) is 11.2. The highest BCUT2D eigenvalue weighted by atomic mass is 16.5. The Kier molecular flexibility index (Phi) is 5.32. The van der Waals surface area contributed by atoms with Gasteiger partial charge in [0.25, 0.3) is 0 Å². The molecule has 136 valence electrons. The first-order valence-corrected chi connectivity index (χ1v) is 8.66. The van der Waals surface area contributed by atoms with Crippen molar-refractivity contribution in [3.05, 3.63) is 63.7 Å². The van der Waals surface area contributed by atoms with Crippen LogP contribution in [0.4, 0.5) is 0 Å². The maximum atomic E-state index is 12.9. The Balaban J connectivity index is 1.89. The summed E-state index contributed by atoms with van der Waals surface area (Å²) in [6, 6.07) is 9.14. The molecule has 6 nitrogen and oxygen atoms in total.